The van der Waals surface area contributed by atoms with Gasteiger partial charge in [0.15, 0.2) is 0 Å². The van der Waals surface area contributed by atoms with E-state index in [0.717, 1.165) is 6.08 Å². The van der Waals surface area contributed by atoms with Crippen molar-refractivity contribution in [2.75, 3.05) is 6.54 Å². The first-order chi connectivity index (χ1) is 9.93. The van der Waals surface area contributed by atoms with Crippen molar-refractivity contribution in [3.05, 3.63) is 35.7 Å². The smallest absolute Gasteiger partial charge is 0.328 e. The number of carboxylic acid groups (broad SMARTS) is 1. The zero-order valence-electron chi connectivity index (χ0n) is 11.8. The van der Waals surface area contributed by atoms with E-state index in [1.54, 1.807) is 13.8 Å². The normalized spacial score (nSPS) is 11.9. The van der Waals surface area contributed by atoms with E-state index in [2.05, 4.69) is 15.6 Å². The Kier molecular flexibility index (Phi) is 6.06. The minimum Gasteiger partial charge on any atom is -0.478 e. The van der Waals surface area contributed by atoms with Crippen molar-refractivity contribution in [2.24, 2.45) is 0 Å². The largest absolute Gasteiger partial charge is 0.478 e. The van der Waals surface area contributed by atoms with Crippen LogP contribution in [0.5, 0.6) is 0 Å². The summed E-state index contributed by atoms with van der Waals surface area (Å²) in [6.07, 6.45) is 5.07. The molecule has 0 aromatic carbocycles. The Morgan fingerprint density at radius 3 is 2.71 bits per heavy atom. The van der Waals surface area contributed by atoms with Crippen molar-refractivity contribution in [3.8, 4) is 0 Å². The quantitative estimate of drug-likeness (QED) is 0.659. The lowest BCUT2D eigenvalue weighted by atomic mass is 10.1. The molecule has 1 aromatic rings. The third kappa shape index (κ3) is 5.43. The molecule has 1 atom stereocenters. The number of nitrogens with one attached hydrogen (secondary N) is 2. The minimum absolute atomic E-state index is 0.249. The van der Waals surface area contributed by atoms with E-state index in [4.69, 9.17) is 5.11 Å². The molecule has 1 aromatic heterocycles. The Balaban J connectivity index is 2.76. The third-order valence-corrected chi connectivity index (χ3v) is 2.53. The van der Waals surface area contributed by atoms with Gasteiger partial charge in [0.05, 0.1) is 5.56 Å². The standard InChI is InChI=1S/C14H17N3O4/c1-3-16-13(20)9(2)17-14(21)11-6-10(7-15-8-11)4-5-12(18)19/h4-9H,3H2,1-2H3,(H,16,20)(H,17,21)(H,18,19). The van der Waals surface area contributed by atoms with Gasteiger partial charge in [-0.05, 0) is 31.6 Å². The third-order valence-electron chi connectivity index (χ3n) is 2.53. The Hall–Kier alpha value is -2.70. The van der Waals surface area contributed by atoms with Crippen molar-refractivity contribution < 1.29 is 19.5 Å². The second kappa shape index (κ2) is 7.78. The van der Waals surface area contributed by atoms with Crippen LogP contribution in [0.25, 0.3) is 6.08 Å². The number of nitrogens with zero attached hydrogens (tertiary/aromatic N) is 1. The van der Waals surface area contributed by atoms with Gasteiger partial charge in [0.25, 0.3) is 5.91 Å². The summed E-state index contributed by atoms with van der Waals surface area (Å²) in [5, 5.41) is 13.7. The molecule has 0 saturated heterocycles. The van der Waals surface area contributed by atoms with Gasteiger partial charge in [-0.15, -0.1) is 0 Å². The monoisotopic (exact) mass is 291 g/mol. The van der Waals surface area contributed by atoms with Crippen LogP contribution in [0.2, 0.25) is 0 Å². The second-order valence-electron chi connectivity index (χ2n) is 4.27. The highest BCUT2D eigenvalue weighted by molar-refractivity contribution is 5.97. The number of aliphatic carboxylic acids is 1. The highest BCUT2D eigenvalue weighted by Gasteiger charge is 2.16. The van der Waals surface area contributed by atoms with E-state index in [-0.39, 0.29) is 11.5 Å². The molecular formula is C14H17N3O4. The van der Waals surface area contributed by atoms with Gasteiger partial charge in [-0.2, -0.15) is 0 Å². The predicted octanol–water partition coefficient (Wildman–Crippen LogP) is 0.434. The van der Waals surface area contributed by atoms with Crippen LogP contribution in [0.4, 0.5) is 0 Å². The molecule has 0 spiro atoms. The van der Waals surface area contributed by atoms with E-state index < -0.39 is 17.9 Å². The number of hydrogen-bond donors (Lipinski definition) is 3. The van der Waals surface area contributed by atoms with Gasteiger partial charge in [-0.3, -0.25) is 14.6 Å². The fourth-order valence-electron chi connectivity index (χ4n) is 1.51. The highest BCUT2D eigenvalue weighted by Crippen LogP contribution is 2.05. The number of carbonyl (C=O) groups is 3. The number of amides is 2. The molecule has 7 heteroatoms. The van der Waals surface area contributed by atoms with Gasteiger partial charge in [0.2, 0.25) is 5.91 Å². The number of rotatable bonds is 6. The minimum atomic E-state index is -1.09. The average molecular weight is 291 g/mol. The summed E-state index contributed by atoms with van der Waals surface area (Å²) in [7, 11) is 0. The summed E-state index contributed by atoms with van der Waals surface area (Å²) >= 11 is 0. The highest BCUT2D eigenvalue weighted by atomic mass is 16.4. The summed E-state index contributed by atoms with van der Waals surface area (Å²) in [6, 6.07) is 0.822. The molecule has 0 saturated carbocycles. The fraction of sp³-hybridized carbons (Fsp3) is 0.286. The number of hydrogen-bond acceptors (Lipinski definition) is 4. The molecule has 1 rings (SSSR count). The maximum Gasteiger partial charge on any atom is 0.328 e. The molecule has 0 aliphatic heterocycles. The summed E-state index contributed by atoms with van der Waals surface area (Å²) in [5.41, 5.74) is 0.731. The van der Waals surface area contributed by atoms with E-state index in [9.17, 15) is 14.4 Å². The number of carboxylic acids is 1. The molecule has 112 valence electrons. The number of pyridine rings is 1. The first kappa shape index (κ1) is 16.4. The van der Waals surface area contributed by atoms with E-state index >= 15 is 0 Å². The lowest BCUT2D eigenvalue weighted by molar-refractivity contribution is -0.131. The lowest BCUT2D eigenvalue weighted by Crippen LogP contribution is -2.44. The second-order valence-corrected chi connectivity index (χ2v) is 4.27. The zero-order valence-corrected chi connectivity index (χ0v) is 11.8. The number of aromatic nitrogens is 1. The van der Waals surface area contributed by atoms with Crippen LogP contribution >= 0.6 is 0 Å². The molecular weight excluding hydrogens is 274 g/mol. The molecule has 0 aliphatic carbocycles. The molecule has 0 fully saturated rings. The van der Waals surface area contributed by atoms with Gasteiger partial charge in [0.1, 0.15) is 6.04 Å². The van der Waals surface area contributed by atoms with Gasteiger partial charge in [-0.25, -0.2) is 4.79 Å². The van der Waals surface area contributed by atoms with Gasteiger partial charge in [0, 0.05) is 25.0 Å². The SMILES string of the molecule is CCNC(=O)C(C)NC(=O)c1cncc(C=CC(=O)O)c1. The van der Waals surface area contributed by atoms with Crippen molar-refractivity contribution >= 4 is 23.9 Å². The summed E-state index contributed by atoms with van der Waals surface area (Å²) in [5.74, 6) is -1.82. The predicted molar refractivity (Wildman–Crippen MR) is 76.5 cm³/mol. The maximum atomic E-state index is 12.0. The Morgan fingerprint density at radius 1 is 1.38 bits per heavy atom. The number of likely N-dealkylation sites (N-methyl/N-ethyl adjacent to an activating group) is 1. The van der Waals surface area contributed by atoms with Crippen LogP contribution in [0, 0.1) is 0 Å². The van der Waals surface area contributed by atoms with E-state index in [1.807, 2.05) is 0 Å². The summed E-state index contributed by atoms with van der Waals surface area (Å²) < 4.78 is 0. The molecule has 3 N–H and O–H groups in total. The molecule has 1 heterocycles. The van der Waals surface area contributed by atoms with E-state index in [0.29, 0.717) is 12.1 Å². The first-order valence-electron chi connectivity index (χ1n) is 6.38. The van der Waals surface area contributed by atoms with Crippen LogP contribution in [-0.4, -0.2) is 40.5 Å². The molecule has 0 aliphatic rings. The summed E-state index contributed by atoms with van der Waals surface area (Å²) in [4.78, 5) is 37.8. The van der Waals surface area contributed by atoms with Crippen LogP contribution < -0.4 is 10.6 Å². The average Bonchev–Trinajstić information content (AvgIpc) is 2.45. The molecule has 7 nitrogen and oxygen atoms in total. The van der Waals surface area contributed by atoms with Gasteiger partial charge < -0.3 is 15.7 Å². The lowest BCUT2D eigenvalue weighted by Gasteiger charge is -2.13. The topological polar surface area (TPSA) is 108 Å². The Labute approximate surface area is 122 Å². The summed E-state index contributed by atoms with van der Waals surface area (Å²) in [6.45, 7) is 3.84. The van der Waals surface area contributed by atoms with Gasteiger partial charge in [-0.1, -0.05) is 0 Å². The molecule has 0 radical (unpaired) electrons. The van der Waals surface area contributed by atoms with Crippen LogP contribution in [0.15, 0.2) is 24.5 Å². The molecule has 21 heavy (non-hydrogen) atoms. The van der Waals surface area contributed by atoms with Gasteiger partial charge >= 0.3 is 5.97 Å². The Morgan fingerprint density at radius 2 is 2.10 bits per heavy atom. The fourth-order valence-corrected chi connectivity index (χ4v) is 1.51. The number of carbonyl (C=O) groups excluding carboxylic acids is 2. The van der Waals surface area contributed by atoms with E-state index in [1.165, 1.54) is 24.5 Å². The molecule has 1 unspecified atom stereocenters. The molecule has 2 amide bonds. The molecule has 0 bridgehead atoms. The van der Waals surface area contributed by atoms with Crippen molar-refractivity contribution in [3.63, 3.8) is 0 Å². The zero-order chi connectivity index (χ0) is 15.8. The maximum absolute atomic E-state index is 12.0. The van der Waals surface area contributed by atoms with Crippen molar-refractivity contribution in [1.29, 1.82) is 0 Å². The van der Waals surface area contributed by atoms with Crippen LogP contribution in [0.1, 0.15) is 29.8 Å². The van der Waals surface area contributed by atoms with Crippen LogP contribution in [0.3, 0.4) is 0 Å². The van der Waals surface area contributed by atoms with Crippen LogP contribution in [-0.2, 0) is 9.59 Å². The van der Waals surface area contributed by atoms with Crippen molar-refractivity contribution in [2.45, 2.75) is 19.9 Å². The Bertz CT molecular complexity index is 569. The van der Waals surface area contributed by atoms with Crippen molar-refractivity contribution in [1.82, 2.24) is 15.6 Å². The first-order valence-corrected chi connectivity index (χ1v) is 6.38.